The fourth-order valence-electron chi connectivity index (χ4n) is 4.06. The summed E-state index contributed by atoms with van der Waals surface area (Å²) >= 11 is 0. The number of benzene rings is 3. The van der Waals surface area contributed by atoms with Crippen LogP contribution in [0.3, 0.4) is 0 Å². The molecule has 1 saturated heterocycles. The summed E-state index contributed by atoms with van der Waals surface area (Å²) in [6.07, 6.45) is 2.41. The smallest absolute Gasteiger partial charge is 0.254 e. The largest absolute Gasteiger partial charge is 0.371 e. The minimum atomic E-state index is -0.147. The summed E-state index contributed by atoms with van der Waals surface area (Å²) in [5.41, 5.74) is 3.78. The van der Waals surface area contributed by atoms with Gasteiger partial charge in [0.15, 0.2) is 5.78 Å². The summed E-state index contributed by atoms with van der Waals surface area (Å²) in [5, 5.41) is 0. The number of anilines is 1. The van der Waals surface area contributed by atoms with Crippen molar-refractivity contribution in [3.8, 4) is 0 Å². The second kappa shape index (κ2) is 8.95. The highest BCUT2D eigenvalue weighted by Gasteiger charge is 2.22. The van der Waals surface area contributed by atoms with E-state index >= 15 is 0 Å². The summed E-state index contributed by atoms with van der Waals surface area (Å²) in [7, 11) is 1.80. The summed E-state index contributed by atoms with van der Waals surface area (Å²) in [6.45, 7) is 2.62. The van der Waals surface area contributed by atoms with Crippen LogP contribution in [0.2, 0.25) is 0 Å². The Labute approximate surface area is 177 Å². The minimum absolute atomic E-state index is 0.134. The van der Waals surface area contributed by atoms with Crippen LogP contribution in [0.15, 0.2) is 78.9 Å². The Morgan fingerprint density at radius 1 is 0.800 bits per heavy atom. The van der Waals surface area contributed by atoms with Gasteiger partial charge < -0.3 is 9.80 Å². The maximum atomic E-state index is 13.3. The van der Waals surface area contributed by atoms with Gasteiger partial charge in [-0.05, 0) is 30.5 Å². The molecule has 0 bridgehead atoms. The molecule has 3 aromatic rings. The Hall–Kier alpha value is -3.40. The van der Waals surface area contributed by atoms with Gasteiger partial charge >= 0.3 is 0 Å². The SMILES string of the molecule is CN(Cc1ccccc1N1CCCC1)C(=O)c1ccccc1C(=O)c1ccccc1. The fraction of sp³-hybridized carbons (Fsp3) is 0.231. The van der Waals surface area contributed by atoms with Crippen molar-refractivity contribution in [1.82, 2.24) is 4.90 Å². The van der Waals surface area contributed by atoms with Crippen molar-refractivity contribution in [2.24, 2.45) is 0 Å². The lowest BCUT2D eigenvalue weighted by molar-refractivity contribution is 0.0780. The number of carbonyl (C=O) groups is 2. The van der Waals surface area contributed by atoms with Crippen LogP contribution in [0.4, 0.5) is 5.69 Å². The summed E-state index contributed by atoms with van der Waals surface area (Å²) in [6, 6.07) is 24.4. The minimum Gasteiger partial charge on any atom is -0.371 e. The van der Waals surface area contributed by atoms with Gasteiger partial charge in [-0.2, -0.15) is 0 Å². The molecule has 4 heteroatoms. The van der Waals surface area contributed by atoms with Crippen LogP contribution in [-0.2, 0) is 6.54 Å². The molecule has 4 rings (SSSR count). The Morgan fingerprint density at radius 3 is 2.13 bits per heavy atom. The molecular formula is C26H26N2O2. The fourth-order valence-corrected chi connectivity index (χ4v) is 4.06. The van der Waals surface area contributed by atoms with Crippen molar-refractivity contribution in [3.05, 3.63) is 101 Å². The Morgan fingerprint density at radius 2 is 1.40 bits per heavy atom. The molecule has 0 radical (unpaired) electrons. The number of ketones is 1. The van der Waals surface area contributed by atoms with Crippen LogP contribution < -0.4 is 4.90 Å². The Kier molecular flexibility index (Phi) is 5.94. The highest BCUT2D eigenvalue weighted by atomic mass is 16.2. The quantitative estimate of drug-likeness (QED) is 0.561. The van der Waals surface area contributed by atoms with Gasteiger partial charge in [-0.1, -0.05) is 66.7 Å². The van der Waals surface area contributed by atoms with Crippen molar-refractivity contribution in [1.29, 1.82) is 0 Å². The lowest BCUT2D eigenvalue weighted by atomic mass is 9.97. The third kappa shape index (κ3) is 4.13. The number of nitrogens with zero attached hydrogens (tertiary/aromatic N) is 2. The molecule has 1 aliphatic heterocycles. The molecule has 0 saturated carbocycles. The molecule has 0 N–H and O–H groups in total. The van der Waals surface area contributed by atoms with E-state index in [9.17, 15) is 9.59 Å². The summed E-state index contributed by atoms with van der Waals surface area (Å²) in [5.74, 6) is -0.281. The number of hydrogen-bond donors (Lipinski definition) is 0. The predicted octanol–water partition coefficient (Wildman–Crippen LogP) is 4.79. The third-order valence-electron chi connectivity index (χ3n) is 5.63. The molecular weight excluding hydrogens is 372 g/mol. The summed E-state index contributed by atoms with van der Waals surface area (Å²) < 4.78 is 0. The van der Waals surface area contributed by atoms with Gasteiger partial charge in [-0.25, -0.2) is 0 Å². The van der Waals surface area contributed by atoms with Gasteiger partial charge in [-0.15, -0.1) is 0 Å². The predicted molar refractivity (Wildman–Crippen MR) is 120 cm³/mol. The van der Waals surface area contributed by atoms with Crippen LogP contribution in [0.1, 0.15) is 44.7 Å². The Balaban J connectivity index is 1.58. The number of hydrogen-bond acceptors (Lipinski definition) is 3. The van der Waals surface area contributed by atoms with Crippen molar-refractivity contribution < 1.29 is 9.59 Å². The van der Waals surface area contributed by atoms with E-state index in [0.717, 1.165) is 18.7 Å². The standard InChI is InChI=1S/C26H26N2O2/c1-27(19-21-13-5-8-16-24(21)28-17-9-10-18-28)26(30)23-15-7-6-14-22(23)25(29)20-11-3-2-4-12-20/h2-8,11-16H,9-10,17-19H2,1H3. The van der Waals surface area contributed by atoms with E-state index in [0.29, 0.717) is 23.2 Å². The molecule has 1 aliphatic rings. The van der Waals surface area contributed by atoms with Crippen LogP contribution in [0.25, 0.3) is 0 Å². The van der Waals surface area contributed by atoms with Crippen LogP contribution >= 0.6 is 0 Å². The first-order valence-corrected chi connectivity index (χ1v) is 10.4. The van der Waals surface area contributed by atoms with Crippen LogP contribution in [-0.4, -0.2) is 36.7 Å². The lowest BCUT2D eigenvalue weighted by Gasteiger charge is -2.25. The van der Waals surface area contributed by atoms with Gasteiger partial charge in [0.05, 0.1) is 5.56 Å². The van der Waals surface area contributed by atoms with Crippen LogP contribution in [0, 0.1) is 0 Å². The zero-order chi connectivity index (χ0) is 20.9. The normalized spacial score (nSPS) is 13.3. The molecule has 0 aliphatic carbocycles. The maximum Gasteiger partial charge on any atom is 0.254 e. The number of amides is 1. The first kappa shape index (κ1) is 19.9. The van der Waals surface area contributed by atoms with Gasteiger partial charge in [0, 0.05) is 43.5 Å². The van der Waals surface area contributed by atoms with E-state index in [-0.39, 0.29) is 11.7 Å². The molecule has 3 aromatic carbocycles. The molecule has 0 aromatic heterocycles. The van der Waals surface area contributed by atoms with E-state index in [2.05, 4.69) is 17.0 Å². The molecule has 1 amide bonds. The van der Waals surface area contributed by atoms with Gasteiger partial charge in [0.2, 0.25) is 0 Å². The van der Waals surface area contributed by atoms with E-state index in [1.165, 1.54) is 18.5 Å². The van der Waals surface area contributed by atoms with E-state index in [4.69, 9.17) is 0 Å². The van der Waals surface area contributed by atoms with Crippen molar-refractivity contribution in [3.63, 3.8) is 0 Å². The van der Waals surface area contributed by atoms with Gasteiger partial charge in [0.25, 0.3) is 5.91 Å². The molecule has 0 spiro atoms. The average Bonchev–Trinajstić information content (AvgIpc) is 3.34. The van der Waals surface area contributed by atoms with Gasteiger partial charge in [-0.3, -0.25) is 9.59 Å². The highest BCUT2D eigenvalue weighted by Crippen LogP contribution is 2.26. The first-order valence-electron chi connectivity index (χ1n) is 10.4. The molecule has 0 atom stereocenters. The second-order valence-corrected chi connectivity index (χ2v) is 7.72. The molecule has 4 nitrogen and oxygen atoms in total. The van der Waals surface area contributed by atoms with Crippen molar-refractivity contribution >= 4 is 17.4 Å². The molecule has 0 unspecified atom stereocenters. The number of rotatable bonds is 6. The Bertz CT molecular complexity index is 1040. The van der Waals surface area contributed by atoms with Crippen molar-refractivity contribution in [2.45, 2.75) is 19.4 Å². The van der Waals surface area contributed by atoms with E-state index in [1.807, 2.05) is 30.3 Å². The zero-order valence-electron chi connectivity index (χ0n) is 17.3. The highest BCUT2D eigenvalue weighted by molar-refractivity contribution is 6.15. The third-order valence-corrected chi connectivity index (χ3v) is 5.63. The molecule has 1 heterocycles. The van der Waals surface area contributed by atoms with Gasteiger partial charge in [0.1, 0.15) is 0 Å². The molecule has 30 heavy (non-hydrogen) atoms. The monoisotopic (exact) mass is 398 g/mol. The van der Waals surface area contributed by atoms with Crippen molar-refractivity contribution in [2.75, 3.05) is 25.0 Å². The molecule has 152 valence electrons. The average molecular weight is 399 g/mol. The topological polar surface area (TPSA) is 40.6 Å². The van der Waals surface area contributed by atoms with Crippen LogP contribution in [0.5, 0.6) is 0 Å². The number of para-hydroxylation sites is 1. The maximum absolute atomic E-state index is 13.3. The number of carbonyl (C=O) groups excluding carboxylic acids is 2. The summed E-state index contributed by atoms with van der Waals surface area (Å²) in [4.78, 5) is 30.4. The molecule has 1 fully saturated rings. The second-order valence-electron chi connectivity index (χ2n) is 7.72. The van der Waals surface area contributed by atoms with E-state index in [1.54, 1.807) is 48.3 Å². The lowest BCUT2D eigenvalue weighted by Crippen LogP contribution is -2.29. The zero-order valence-corrected chi connectivity index (χ0v) is 17.3. The first-order chi connectivity index (χ1) is 14.6. The van der Waals surface area contributed by atoms with E-state index < -0.39 is 0 Å².